The fraction of sp³-hybridized carbons (Fsp3) is 0.381. The number of hydrogen-bond acceptors (Lipinski definition) is 2. The van der Waals surface area contributed by atoms with Gasteiger partial charge >= 0.3 is 0 Å². The first-order valence-corrected chi connectivity index (χ1v) is 8.78. The van der Waals surface area contributed by atoms with Gasteiger partial charge < -0.3 is 10.1 Å². The number of rotatable bonds is 8. The molecule has 2 rings (SSSR count). The molecule has 0 fully saturated rings. The largest absolute Gasteiger partial charge is 0.481 e. The molecule has 0 saturated heterocycles. The fourth-order valence-electron chi connectivity index (χ4n) is 2.69. The average Bonchev–Trinajstić information content (AvgIpc) is 2.64. The molecule has 0 spiro atoms. The molecule has 0 aliphatic carbocycles. The number of aryl methyl sites for hydroxylation is 2. The van der Waals surface area contributed by atoms with Crippen molar-refractivity contribution in [2.24, 2.45) is 0 Å². The van der Waals surface area contributed by atoms with Crippen molar-refractivity contribution in [3.8, 4) is 5.75 Å². The van der Waals surface area contributed by atoms with Crippen LogP contribution in [0.3, 0.4) is 0 Å². The summed E-state index contributed by atoms with van der Waals surface area (Å²) in [7, 11) is 0. The summed E-state index contributed by atoms with van der Waals surface area (Å²) in [6, 6.07) is 16.0. The monoisotopic (exact) mass is 325 g/mol. The first-order chi connectivity index (χ1) is 11.7. The summed E-state index contributed by atoms with van der Waals surface area (Å²) < 4.78 is 5.80. The molecule has 0 radical (unpaired) electrons. The van der Waals surface area contributed by atoms with Gasteiger partial charge in [0.15, 0.2) is 6.10 Å². The lowest BCUT2D eigenvalue weighted by molar-refractivity contribution is -0.128. The molecule has 1 atom stereocenters. The third kappa shape index (κ3) is 4.85. The van der Waals surface area contributed by atoms with Crippen molar-refractivity contribution in [1.29, 1.82) is 0 Å². The Morgan fingerprint density at radius 3 is 2.38 bits per heavy atom. The van der Waals surface area contributed by atoms with Gasteiger partial charge in [-0.2, -0.15) is 0 Å². The van der Waals surface area contributed by atoms with Crippen LogP contribution in [-0.2, 0) is 24.2 Å². The topological polar surface area (TPSA) is 38.3 Å². The molecule has 0 saturated carbocycles. The maximum Gasteiger partial charge on any atom is 0.261 e. The summed E-state index contributed by atoms with van der Waals surface area (Å²) in [5, 5.41) is 3.03. The highest BCUT2D eigenvalue weighted by Crippen LogP contribution is 2.15. The lowest BCUT2D eigenvalue weighted by atomic mass is 10.0. The second-order valence-corrected chi connectivity index (χ2v) is 5.86. The van der Waals surface area contributed by atoms with E-state index in [1.807, 2.05) is 37.3 Å². The lowest BCUT2D eigenvalue weighted by Crippen LogP contribution is -2.37. The number of ether oxygens (including phenoxy) is 1. The quantitative estimate of drug-likeness (QED) is 0.786. The number of amides is 1. The minimum absolute atomic E-state index is 0.0645. The Bertz CT molecular complexity index is 652. The molecule has 3 heteroatoms. The van der Waals surface area contributed by atoms with Crippen LogP contribution in [0, 0.1) is 0 Å². The van der Waals surface area contributed by atoms with Gasteiger partial charge in [-0.05, 0) is 48.1 Å². The number of carbonyl (C=O) groups excluding carboxylic acids is 1. The molecule has 0 unspecified atom stereocenters. The molecule has 2 aromatic rings. The van der Waals surface area contributed by atoms with Gasteiger partial charge in [0.05, 0.1) is 0 Å². The van der Waals surface area contributed by atoms with Gasteiger partial charge in [0, 0.05) is 6.54 Å². The number of benzene rings is 2. The van der Waals surface area contributed by atoms with E-state index in [4.69, 9.17) is 4.74 Å². The molecule has 1 N–H and O–H groups in total. The van der Waals surface area contributed by atoms with Crippen LogP contribution in [0.2, 0.25) is 0 Å². The van der Waals surface area contributed by atoms with E-state index in [9.17, 15) is 4.79 Å². The van der Waals surface area contributed by atoms with Crippen LogP contribution in [0.5, 0.6) is 5.75 Å². The average molecular weight is 325 g/mol. The summed E-state index contributed by atoms with van der Waals surface area (Å²) in [6.45, 7) is 6.79. The number of para-hydroxylation sites is 1. The van der Waals surface area contributed by atoms with Crippen molar-refractivity contribution in [3.63, 3.8) is 0 Å². The van der Waals surface area contributed by atoms with Gasteiger partial charge in [0.25, 0.3) is 5.91 Å². The minimum Gasteiger partial charge on any atom is -0.481 e. The summed E-state index contributed by atoms with van der Waals surface area (Å²) in [5.74, 6) is 0.659. The SMILES string of the molecule is CCc1ccc(CC)c(CNC(=O)[C@H](CC)Oc2ccccc2)c1. The highest BCUT2D eigenvalue weighted by Gasteiger charge is 2.18. The van der Waals surface area contributed by atoms with Crippen LogP contribution in [0.25, 0.3) is 0 Å². The van der Waals surface area contributed by atoms with Crippen LogP contribution in [0.15, 0.2) is 48.5 Å². The van der Waals surface area contributed by atoms with Gasteiger partial charge in [0.1, 0.15) is 5.75 Å². The zero-order valence-electron chi connectivity index (χ0n) is 14.8. The molecule has 0 heterocycles. The number of hydrogen-bond donors (Lipinski definition) is 1. The van der Waals surface area contributed by atoms with Crippen molar-refractivity contribution in [2.75, 3.05) is 0 Å². The first-order valence-electron chi connectivity index (χ1n) is 8.78. The predicted molar refractivity (Wildman–Crippen MR) is 98.2 cm³/mol. The fourth-order valence-corrected chi connectivity index (χ4v) is 2.69. The van der Waals surface area contributed by atoms with Crippen LogP contribution < -0.4 is 10.1 Å². The van der Waals surface area contributed by atoms with Crippen LogP contribution in [0.4, 0.5) is 0 Å². The summed E-state index contributed by atoms with van der Waals surface area (Å²) in [6.07, 6.45) is 2.13. The van der Waals surface area contributed by atoms with E-state index in [1.165, 1.54) is 16.7 Å². The molecule has 3 nitrogen and oxygen atoms in total. The normalized spacial score (nSPS) is 11.8. The van der Waals surface area contributed by atoms with Crippen molar-refractivity contribution in [3.05, 3.63) is 65.2 Å². The summed E-state index contributed by atoms with van der Waals surface area (Å²) >= 11 is 0. The standard InChI is InChI=1S/C21H27NO2/c1-4-16-12-13-17(5-2)18(14-16)15-22-21(23)20(6-3)24-19-10-8-7-9-11-19/h7-14,20H,4-6,15H2,1-3H3,(H,22,23)/t20-/m0/s1. The predicted octanol–water partition coefficient (Wildman–Crippen LogP) is 4.29. The number of carbonyl (C=O) groups is 1. The van der Waals surface area contributed by atoms with Gasteiger partial charge in [0.2, 0.25) is 0 Å². The Kier molecular flexibility index (Phi) is 6.86. The summed E-state index contributed by atoms with van der Waals surface area (Å²) in [5.41, 5.74) is 3.77. The third-order valence-electron chi connectivity index (χ3n) is 4.20. The van der Waals surface area contributed by atoms with Gasteiger partial charge in [-0.1, -0.05) is 57.2 Å². The van der Waals surface area contributed by atoms with Crippen molar-refractivity contribution >= 4 is 5.91 Å². The maximum atomic E-state index is 12.5. The maximum absolute atomic E-state index is 12.5. The molecule has 0 aromatic heterocycles. The number of nitrogens with one attached hydrogen (secondary N) is 1. The molecule has 0 aliphatic heterocycles. The highest BCUT2D eigenvalue weighted by molar-refractivity contribution is 5.81. The summed E-state index contributed by atoms with van der Waals surface area (Å²) in [4.78, 5) is 12.5. The molecule has 1 amide bonds. The van der Waals surface area contributed by atoms with Crippen LogP contribution in [-0.4, -0.2) is 12.0 Å². The highest BCUT2D eigenvalue weighted by atomic mass is 16.5. The Labute approximate surface area is 145 Å². The smallest absolute Gasteiger partial charge is 0.261 e. The van der Waals surface area contributed by atoms with E-state index in [1.54, 1.807) is 0 Å². The Hall–Kier alpha value is -2.29. The second kappa shape index (κ2) is 9.11. The molecular weight excluding hydrogens is 298 g/mol. The Morgan fingerprint density at radius 1 is 1.00 bits per heavy atom. The molecule has 128 valence electrons. The third-order valence-corrected chi connectivity index (χ3v) is 4.20. The van der Waals surface area contributed by atoms with Gasteiger partial charge in [-0.15, -0.1) is 0 Å². The molecule has 0 bridgehead atoms. The van der Waals surface area contributed by atoms with Crippen LogP contribution >= 0.6 is 0 Å². The Balaban J connectivity index is 2.00. The van der Waals surface area contributed by atoms with E-state index in [0.29, 0.717) is 13.0 Å². The zero-order valence-corrected chi connectivity index (χ0v) is 14.8. The van der Waals surface area contributed by atoms with Crippen molar-refractivity contribution in [1.82, 2.24) is 5.32 Å². The van der Waals surface area contributed by atoms with E-state index in [2.05, 4.69) is 37.4 Å². The second-order valence-electron chi connectivity index (χ2n) is 5.86. The Morgan fingerprint density at radius 2 is 1.75 bits per heavy atom. The first kappa shape index (κ1) is 18.1. The van der Waals surface area contributed by atoms with Gasteiger partial charge in [-0.3, -0.25) is 4.79 Å². The molecule has 24 heavy (non-hydrogen) atoms. The minimum atomic E-state index is -0.466. The van der Waals surface area contributed by atoms with E-state index in [0.717, 1.165) is 18.6 Å². The van der Waals surface area contributed by atoms with E-state index in [-0.39, 0.29) is 5.91 Å². The zero-order chi connectivity index (χ0) is 17.4. The molecule has 2 aromatic carbocycles. The molecular formula is C21H27NO2. The van der Waals surface area contributed by atoms with Crippen LogP contribution in [0.1, 0.15) is 43.9 Å². The lowest BCUT2D eigenvalue weighted by Gasteiger charge is -2.18. The van der Waals surface area contributed by atoms with E-state index < -0.39 is 6.10 Å². The van der Waals surface area contributed by atoms with E-state index >= 15 is 0 Å². The van der Waals surface area contributed by atoms with Crippen molar-refractivity contribution in [2.45, 2.75) is 52.7 Å². The van der Waals surface area contributed by atoms with Gasteiger partial charge in [-0.25, -0.2) is 0 Å². The molecule has 0 aliphatic rings. The van der Waals surface area contributed by atoms with Crippen molar-refractivity contribution < 1.29 is 9.53 Å².